The zero-order valence-corrected chi connectivity index (χ0v) is 10.8. The minimum absolute atomic E-state index is 0.174. The van der Waals surface area contributed by atoms with Gasteiger partial charge in [-0.25, -0.2) is 9.18 Å². The highest BCUT2D eigenvalue weighted by atomic mass is 127. The molecular weight excluding hydrogens is 338 g/mol. The van der Waals surface area contributed by atoms with Crippen LogP contribution in [0.4, 0.5) is 4.39 Å². The lowest BCUT2D eigenvalue weighted by atomic mass is 10.2. The Labute approximate surface area is 110 Å². The third-order valence-corrected chi connectivity index (χ3v) is 3.39. The third-order valence-electron chi connectivity index (χ3n) is 2.25. The number of aromatic carboxylic acids is 1. The van der Waals surface area contributed by atoms with Gasteiger partial charge in [0.1, 0.15) is 15.1 Å². The summed E-state index contributed by atoms with van der Waals surface area (Å²) in [6, 6.07) is 6.02. The molecule has 0 fully saturated rings. The van der Waals surface area contributed by atoms with Gasteiger partial charge < -0.3 is 5.11 Å². The number of carboxylic acid groups (broad SMARTS) is 1. The second-order valence-corrected chi connectivity index (χ2v) is 4.46. The van der Waals surface area contributed by atoms with Gasteiger partial charge in [0, 0.05) is 0 Å². The van der Waals surface area contributed by atoms with Crippen LogP contribution in [0.3, 0.4) is 0 Å². The first-order chi connectivity index (χ1) is 8.08. The zero-order valence-electron chi connectivity index (χ0n) is 8.60. The molecule has 0 unspecified atom stereocenters. The molecular formula is C11H8FIN2O2. The van der Waals surface area contributed by atoms with Crippen LogP contribution in [-0.4, -0.2) is 20.9 Å². The molecule has 1 aromatic heterocycles. The fourth-order valence-corrected chi connectivity index (χ4v) is 2.05. The molecule has 0 spiro atoms. The molecule has 1 aromatic carbocycles. The smallest absolute Gasteiger partial charge is 0.340 e. The maximum absolute atomic E-state index is 12.7. The summed E-state index contributed by atoms with van der Waals surface area (Å²) in [5.41, 5.74) is 1.04. The molecule has 4 nitrogen and oxygen atoms in total. The molecule has 0 saturated heterocycles. The average molecular weight is 346 g/mol. The van der Waals surface area contributed by atoms with Gasteiger partial charge in [0.25, 0.3) is 0 Å². The van der Waals surface area contributed by atoms with Crippen LogP contribution < -0.4 is 0 Å². The highest BCUT2D eigenvalue weighted by Gasteiger charge is 2.14. The SMILES string of the molecule is O=C(O)c1cnn(Cc2ccc(F)cc2)c1I. The van der Waals surface area contributed by atoms with Crippen molar-refractivity contribution in [1.82, 2.24) is 9.78 Å². The summed E-state index contributed by atoms with van der Waals surface area (Å²) >= 11 is 1.93. The molecule has 88 valence electrons. The van der Waals surface area contributed by atoms with Gasteiger partial charge in [-0.15, -0.1) is 0 Å². The van der Waals surface area contributed by atoms with Gasteiger partial charge in [0.15, 0.2) is 0 Å². The Morgan fingerprint density at radius 3 is 2.59 bits per heavy atom. The molecule has 0 aliphatic carbocycles. The van der Waals surface area contributed by atoms with Crippen molar-refractivity contribution < 1.29 is 14.3 Å². The molecule has 1 heterocycles. The lowest BCUT2D eigenvalue weighted by Crippen LogP contribution is -2.06. The van der Waals surface area contributed by atoms with Crippen molar-refractivity contribution in [3.8, 4) is 0 Å². The van der Waals surface area contributed by atoms with E-state index in [0.717, 1.165) is 5.56 Å². The van der Waals surface area contributed by atoms with Crippen molar-refractivity contribution in [3.63, 3.8) is 0 Å². The lowest BCUT2D eigenvalue weighted by molar-refractivity contribution is 0.0695. The molecule has 0 aliphatic rings. The van der Waals surface area contributed by atoms with Crippen molar-refractivity contribution >= 4 is 28.6 Å². The summed E-state index contributed by atoms with van der Waals surface area (Å²) in [4.78, 5) is 10.8. The maximum Gasteiger partial charge on any atom is 0.340 e. The van der Waals surface area contributed by atoms with Crippen LogP contribution in [0.25, 0.3) is 0 Å². The Morgan fingerprint density at radius 2 is 2.06 bits per heavy atom. The Bertz CT molecular complexity index is 551. The van der Waals surface area contributed by atoms with E-state index in [0.29, 0.717) is 10.2 Å². The van der Waals surface area contributed by atoms with E-state index < -0.39 is 5.97 Å². The third kappa shape index (κ3) is 2.63. The number of carbonyl (C=O) groups is 1. The van der Waals surface area contributed by atoms with Gasteiger partial charge in [-0.05, 0) is 40.3 Å². The number of benzene rings is 1. The van der Waals surface area contributed by atoms with Crippen molar-refractivity contribution in [2.45, 2.75) is 6.54 Å². The normalized spacial score (nSPS) is 10.5. The molecule has 17 heavy (non-hydrogen) atoms. The number of hydrogen-bond donors (Lipinski definition) is 1. The predicted octanol–water partition coefficient (Wildman–Crippen LogP) is 2.37. The van der Waals surface area contributed by atoms with E-state index in [4.69, 9.17) is 5.11 Å². The van der Waals surface area contributed by atoms with Crippen LogP contribution in [0, 0.1) is 9.52 Å². The van der Waals surface area contributed by atoms with Crippen LogP contribution in [0.2, 0.25) is 0 Å². The minimum atomic E-state index is -1.00. The minimum Gasteiger partial charge on any atom is -0.478 e. The molecule has 0 bridgehead atoms. The lowest BCUT2D eigenvalue weighted by Gasteiger charge is -2.03. The van der Waals surface area contributed by atoms with Crippen molar-refractivity contribution in [2.75, 3.05) is 0 Å². The van der Waals surface area contributed by atoms with Crippen molar-refractivity contribution in [3.05, 3.63) is 51.1 Å². The van der Waals surface area contributed by atoms with Crippen molar-refractivity contribution in [1.29, 1.82) is 0 Å². The first-order valence-corrected chi connectivity index (χ1v) is 5.85. The summed E-state index contributed by atoms with van der Waals surface area (Å²) in [6.45, 7) is 0.422. The fraction of sp³-hybridized carbons (Fsp3) is 0.0909. The Morgan fingerprint density at radius 1 is 1.41 bits per heavy atom. The van der Waals surface area contributed by atoms with Gasteiger partial charge in [0.2, 0.25) is 0 Å². The molecule has 0 amide bonds. The Hall–Kier alpha value is -1.44. The van der Waals surface area contributed by atoms with E-state index in [-0.39, 0.29) is 11.4 Å². The van der Waals surface area contributed by atoms with E-state index in [1.807, 2.05) is 22.6 Å². The Balaban J connectivity index is 2.24. The van der Waals surface area contributed by atoms with Crippen LogP contribution >= 0.6 is 22.6 Å². The molecule has 6 heteroatoms. The second kappa shape index (κ2) is 4.82. The largest absolute Gasteiger partial charge is 0.478 e. The van der Waals surface area contributed by atoms with Crippen LogP contribution in [0.5, 0.6) is 0 Å². The molecule has 2 rings (SSSR count). The van der Waals surface area contributed by atoms with Gasteiger partial charge in [-0.1, -0.05) is 12.1 Å². The van der Waals surface area contributed by atoms with Crippen LogP contribution in [0.1, 0.15) is 15.9 Å². The van der Waals surface area contributed by atoms with Crippen LogP contribution in [-0.2, 0) is 6.54 Å². The topological polar surface area (TPSA) is 55.1 Å². The molecule has 0 atom stereocenters. The summed E-state index contributed by atoms with van der Waals surface area (Å²) in [5, 5.41) is 12.9. The number of carboxylic acids is 1. The van der Waals surface area contributed by atoms with E-state index in [1.54, 1.807) is 16.8 Å². The molecule has 2 aromatic rings. The Kier molecular flexibility index (Phi) is 3.41. The quantitative estimate of drug-likeness (QED) is 0.869. The molecule has 0 radical (unpaired) electrons. The molecule has 0 aliphatic heterocycles. The van der Waals surface area contributed by atoms with E-state index in [1.165, 1.54) is 18.3 Å². The molecule has 0 saturated carbocycles. The number of rotatable bonds is 3. The standard InChI is InChI=1S/C11H8FIN2O2/c12-8-3-1-7(2-4-8)6-15-10(13)9(5-14-15)11(16)17/h1-5H,6H2,(H,16,17). The zero-order chi connectivity index (χ0) is 12.4. The van der Waals surface area contributed by atoms with E-state index in [9.17, 15) is 9.18 Å². The number of nitrogens with zero attached hydrogens (tertiary/aromatic N) is 2. The number of hydrogen-bond acceptors (Lipinski definition) is 2. The summed E-state index contributed by atoms with van der Waals surface area (Å²) in [6.07, 6.45) is 1.31. The predicted molar refractivity (Wildman–Crippen MR) is 67.4 cm³/mol. The monoisotopic (exact) mass is 346 g/mol. The van der Waals surface area contributed by atoms with Gasteiger partial charge in [-0.3, -0.25) is 4.68 Å². The van der Waals surface area contributed by atoms with Crippen molar-refractivity contribution in [2.24, 2.45) is 0 Å². The maximum atomic E-state index is 12.7. The highest BCUT2D eigenvalue weighted by molar-refractivity contribution is 14.1. The highest BCUT2D eigenvalue weighted by Crippen LogP contribution is 2.14. The van der Waals surface area contributed by atoms with Gasteiger partial charge in [-0.2, -0.15) is 5.10 Å². The average Bonchev–Trinajstić information content (AvgIpc) is 2.64. The molecule has 1 N–H and O–H groups in total. The van der Waals surface area contributed by atoms with Gasteiger partial charge in [0.05, 0.1) is 12.7 Å². The summed E-state index contributed by atoms with van der Waals surface area (Å²) in [5.74, 6) is -1.30. The first-order valence-electron chi connectivity index (χ1n) is 4.77. The number of aromatic nitrogens is 2. The van der Waals surface area contributed by atoms with Crippen LogP contribution in [0.15, 0.2) is 30.5 Å². The van der Waals surface area contributed by atoms with E-state index in [2.05, 4.69) is 5.10 Å². The first kappa shape index (κ1) is 12.0. The fourth-order valence-electron chi connectivity index (χ4n) is 1.39. The summed E-state index contributed by atoms with van der Waals surface area (Å²) < 4.78 is 14.8. The van der Waals surface area contributed by atoms with E-state index >= 15 is 0 Å². The summed E-state index contributed by atoms with van der Waals surface area (Å²) in [7, 11) is 0. The second-order valence-electron chi connectivity index (χ2n) is 3.44. The number of halogens is 2. The van der Waals surface area contributed by atoms with Gasteiger partial charge >= 0.3 is 5.97 Å².